The molecular formula is C14H22N2O. The summed E-state index contributed by atoms with van der Waals surface area (Å²) in [6, 6.07) is 0.200. The Morgan fingerprint density at radius 3 is 2.71 bits per heavy atom. The largest absolute Gasteiger partial charge is 0.331 e. The molecule has 2 saturated carbocycles. The minimum absolute atomic E-state index is 0.117. The summed E-state index contributed by atoms with van der Waals surface area (Å²) in [5, 5.41) is 0. The van der Waals surface area contributed by atoms with E-state index in [0.717, 1.165) is 32.2 Å². The molecule has 0 bridgehead atoms. The Morgan fingerprint density at radius 2 is 2.12 bits per heavy atom. The molecule has 0 spiro atoms. The molecule has 0 aromatic heterocycles. The molecule has 3 nitrogen and oxygen atoms in total. The second-order valence-electron chi connectivity index (χ2n) is 5.49. The summed E-state index contributed by atoms with van der Waals surface area (Å²) >= 11 is 0. The van der Waals surface area contributed by atoms with E-state index in [-0.39, 0.29) is 17.9 Å². The lowest BCUT2D eigenvalue weighted by molar-refractivity contribution is -0.136. The Bertz CT molecular complexity index is 317. The molecule has 2 aliphatic carbocycles. The van der Waals surface area contributed by atoms with Gasteiger partial charge in [-0.2, -0.15) is 0 Å². The van der Waals surface area contributed by atoms with Crippen LogP contribution in [0.5, 0.6) is 0 Å². The molecule has 1 amide bonds. The monoisotopic (exact) mass is 234 g/mol. The average molecular weight is 234 g/mol. The van der Waals surface area contributed by atoms with Crippen molar-refractivity contribution in [2.45, 2.75) is 44.6 Å². The first-order valence-corrected chi connectivity index (χ1v) is 6.68. The number of hydrogen-bond donors (Lipinski definition) is 1. The maximum Gasteiger partial charge on any atom is 0.226 e. The van der Waals surface area contributed by atoms with Crippen LogP contribution in [0.1, 0.15) is 38.5 Å². The first-order valence-electron chi connectivity index (χ1n) is 6.68. The number of amides is 1. The molecule has 94 valence electrons. The smallest absolute Gasteiger partial charge is 0.226 e. The van der Waals surface area contributed by atoms with E-state index in [0.29, 0.717) is 12.5 Å². The fraction of sp³-hybridized carbons (Fsp3) is 0.786. The summed E-state index contributed by atoms with van der Waals surface area (Å²) in [5.74, 6) is 3.66. The van der Waals surface area contributed by atoms with E-state index in [1.807, 2.05) is 4.90 Å². The van der Waals surface area contributed by atoms with Crippen molar-refractivity contribution >= 4 is 5.91 Å². The van der Waals surface area contributed by atoms with Crippen LogP contribution in [0.4, 0.5) is 0 Å². The highest BCUT2D eigenvalue weighted by molar-refractivity contribution is 5.79. The van der Waals surface area contributed by atoms with Crippen LogP contribution in [0.15, 0.2) is 0 Å². The summed E-state index contributed by atoms with van der Waals surface area (Å²) in [6.07, 6.45) is 11.8. The summed E-state index contributed by atoms with van der Waals surface area (Å²) in [4.78, 5) is 14.2. The molecule has 2 aliphatic rings. The van der Waals surface area contributed by atoms with E-state index in [2.05, 4.69) is 5.92 Å². The summed E-state index contributed by atoms with van der Waals surface area (Å²) in [6.45, 7) is 1.32. The van der Waals surface area contributed by atoms with Crippen molar-refractivity contribution in [2.75, 3.05) is 13.1 Å². The van der Waals surface area contributed by atoms with Crippen LogP contribution in [0.3, 0.4) is 0 Å². The Hall–Kier alpha value is -1.01. The van der Waals surface area contributed by atoms with Crippen molar-refractivity contribution in [2.24, 2.45) is 17.6 Å². The Balaban J connectivity index is 1.91. The topological polar surface area (TPSA) is 46.3 Å². The van der Waals surface area contributed by atoms with Gasteiger partial charge in [-0.05, 0) is 38.0 Å². The molecule has 2 fully saturated rings. The third-order valence-electron chi connectivity index (χ3n) is 3.83. The van der Waals surface area contributed by atoms with Crippen molar-refractivity contribution in [3.63, 3.8) is 0 Å². The highest BCUT2D eigenvalue weighted by Crippen LogP contribution is 2.31. The Morgan fingerprint density at radius 1 is 1.35 bits per heavy atom. The number of hydrogen-bond acceptors (Lipinski definition) is 2. The molecule has 0 aliphatic heterocycles. The maximum absolute atomic E-state index is 12.4. The average Bonchev–Trinajstić information content (AvgIpc) is 3.11. The zero-order valence-corrected chi connectivity index (χ0v) is 10.4. The van der Waals surface area contributed by atoms with E-state index in [1.54, 1.807) is 0 Å². The molecule has 0 heterocycles. The van der Waals surface area contributed by atoms with E-state index < -0.39 is 0 Å². The van der Waals surface area contributed by atoms with Crippen LogP contribution in [-0.2, 0) is 4.79 Å². The second kappa shape index (κ2) is 5.55. The first kappa shape index (κ1) is 12.4. The zero-order chi connectivity index (χ0) is 12.3. The van der Waals surface area contributed by atoms with Crippen molar-refractivity contribution in [1.29, 1.82) is 0 Å². The second-order valence-corrected chi connectivity index (χ2v) is 5.49. The zero-order valence-electron chi connectivity index (χ0n) is 10.4. The maximum atomic E-state index is 12.4. The summed E-state index contributed by atoms with van der Waals surface area (Å²) < 4.78 is 0. The molecule has 0 radical (unpaired) electrons. The first-order chi connectivity index (χ1) is 8.20. The molecule has 3 heteroatoms. The van der Waals surface area contributed by atoms with Gasteiger partial charge in [0.05, 0.1) is 6.54 Å². The van der Waals surface area contributed by atoms with Crippen molar-refractivity contribution in [3.05, 3.63) is 0 Å². The fourth-order valence-electron chi connectivity index (χ4n) is 2.66. The van der Waals surface area contributed by atoms with Crippen molar-refractivity contribution < 1.29 is 4.79 Å². The lowest BCUT2D eigenvalue weighted by Crippen LogP contribution is -2.41. The number of carbonyl (C=O) groups is 1. The van der Waals surface area contributed by atoms with Gasteiger partial charge in [0.15, 0.2) is 0 Å². The number of nitrogens with two attached hydrogens (primary N) is 1. The quantitative estimate of drug-likeness (QED) is 0.747. The van der Waals surface area contributed by atoms with Gasteiger partial charge in [0.2, 0.25) is 5.91 Å². The number of terminal acetylenes is 1. The van der Waals surface area contributed by atoms with Gasteiger partial charge in [0.1, 0.15) is 0 Å². The van der Waals surface area contributed by atoms with Crippen LogP contribution in [0, 0.1) is 24.2 Å². The van der Waals surface area contributed by atoms with Crippen LogP contribution < -0.4 is 5.73 Å². The molecule has 2 unspecified atom stereocenters. The standard InChI is InChI=1S/C14H22N2O/c1-2-8-16(10-11-6-7-11)14(17)12-4-3-5-13(15)9-12/h1,11-13H,3-10,15H2. The highest BCUT2D eigenvalue weighted by Gasteiger charge is 2.32. The molecule has 0 aromatic carbocycles. The summed E-state index contributed by atoms with van der Waals surface area (Å²) in [7, 11) is 0. The van der Waals surface area contributed by atoms with Crippen LogP contribution in [0.2, 0.25) is 0 Å². The highest BCUT2D eigenvalue weighted by atomic mass is 16.2. The predicted octanol–water partition coefficient (Wildman–Crippen LogP) is 1.38. The molecule has 2 atom stereocenters. The van der Waals surface area contributed by atoms with Gasteiger partial charge < -0.3 is 10.6 Å². The fourth-order valence-corrected chi connectivity index (χ4v) is 2.66. The molecule has 2 N–H and O–H groups in total. The lowest BCUT2D eigenvalue weighted by Gasteiger charge is -2.30. The van der Waals surface area contributed by atoms with E-state index in [4.69, 9.17) is 12.2 Å². The molecule has 0 saturated heterocycles. The SMILES string of the molecule is C#CCN(CC1CC1)C(=O)C1CCCC(N)C1. The van der Waals surface area contributed by atoms with Gasteiger partial charge in [0, 0.05) is 18.5 Å². The lowest BCUT2D eigenvalue weighted by atomic mass is 9.85. The van der Waals surface area contributed by atoms with Crippen LogP contribution in [0.25, 0.3) is 0 Å². The van der Waals surface area contributed by atoms with Crippen LogP contribution >= 0.6 is 0 Å². The third-order valence-corrected chi connectivity index (χ3v) is 3.83. The molecule has 17 heavy (non-hydrogen) atoms. The van der Waals surface area contributed by atoms with Crippen molar-refractivity contribution in [1.82, 2.24) is 4.90 Å². The third kappa shape index (κ3) is 3.47. The van der Waals surface area contributed by atoms with Crippen LogP contribution in [-0.4, -0.2) is 29.9 Å². The van der Waals surface area contributed by atoms with Crippen molar-refractivity contribution in [3.8, 4) is 12.3 Å². The normalized spacial score (nSPS) is 28.5. The van der Waals surface area contributed by atoms with E-state index in [1.165, 1.54) is 12.8 Å². The summed E-state index contributed by atoms with van der Waals surface area (Å²) in [5.41, 5.74) is 5.94. The molecule has 2 rings (SSSR count). The van der Waals surface area contributed by atoms with Gasteiger partial charge in [-0.1, -0.05) is 12.3 Å². The Kier molecular flexibility index (Phi) is 4.06. The number of nitrogens with zero attached hydrogens (tertiary/aromatic N) is 1. The van der Waals surface area contributed by atoms with Gasteiger partial charge in [0.25, 0.3) is 0 Å². The van der Waals surface area contributed by atoms with Gasteiger partial charge >= 0.3 is 0 Å². The minimum atomic E-state index is 0.117. The van der Waals surface area contributed by atoms with Gasteiger partial charge in [-0.3, -0.25) is 4.79 Å². The molecular weight excluding hydrogens is 212 g/mol. The predicted molar refractivity (Wildman–Crippen MR) is 68.1 cm³/mol. The van der Waals surface area contributed by atoms with E-state index in [9.17, 15) is 4.79 Å². The molecule has 0 aromatic rings. The number of carbonyl (C=O) groups excluding carboxylic acids is 1. The Labute approximate surface area is 104 Å². The van der Waals surface area contributed by atoms with Gasteiger partial charge in [-0.15, -0.1) is 6.42 Å². The number of rotatable bonds is 4. The van der Waals surface area contributed by atoms with E-state index >= 15 is 0 Å². The van der Waals surface area contributed by atoms with Gasteiger partial charge in [-0.25, -0.2) is 0 Å². The minimum Gasteiger partial charge on any atom is -0.331 e.